The average molecular weight is 1410 g/mol. The van der Waals surface area contributed by atoms with Gasteiger partial charge >= 0.3 is 49.1 Å². The van der Waals surface area contributed by atoms with E-state index in [1.54, 1.807) is 52.1 Å². The molecule has 1 N–H and O–H groups in total. The number of aliphatic hydroxyl groups is 1. The summed E-state index contributed by atoms with van der Waals surface area (Å²) in [5.41, 5.74) is -6.13. The van der Waals surface area contributed by atoms with Crippen LogP contribution in [0.4, 0.5) is 17.7 Å². The first-order valence-corrected chi connectivity index (χ1v) is 35.8. The van der Waals surface area contributed by atoms with Gasteiger partial charge in [0.2, 0.25) is 6.33 Å². The van der Waals surface area contributed by atoms with E-state index in [4.69, 9.17) is 65.5 Å². The smallest absolute Gasteiger partial charge is 0.762 e. The summed E-state index contributed by atoms with van der Waals surface area (Å²) in [7, 11) is -4.56. The molecule has 29 heteroatoms. The highest BCUT2D eigenvalue weighted by molar-refractivity contribution is 7.11. The molecule has 0 spiro atoms. The number of ketones is 1. The van der Waals surface area contributed by atoms with E-state index in [-0.39, 0.29) is 69.2 Å². The van der Waals surface area contributed by atoms with Crippen molar-refractivity contribution in [1.29, 1.82) is 0 Å². The van der Waals surface area contributed by atoms with Crippen LogP contribution in [0, 0.1) is 0 Å². The number of rotatable bonds is 15. The number of Topliss-reactive ketones (excluding diaryl/α,β-unsaturated/α-hetero) is 1. The van der Waals surface area contributed by atoms with Crippen LogP contribution in [0.1, 0.15) is 296 Å². The third-order valence-corrected chi connectivity index (χ3v) is 22.1. The summed E-state index contributed by atoms with van der Waals surface area (Å²) < 4.78 is 115. The number of aromatic nitrogens is 2. The van der Waals surface area contributed by atoms with Gasteiger partial charge in [0, 0.05) is 13.5 Å². The van der Waals surface area contributed by atoms with Crippen molar-refractivity contribution in [2.75, 3.05) is 13.9 Å². The normalized spacial score (nSPS) is 24.2. The molecule has 99 heavy (non-hydrogen) atoms. The second kappa shape index (κ2) is 36.8. The highest BCUT2D eigenvalue weighted by atomic mass is 19.4. The van der Waals surface area contributed by atoms with Crippen molar-refractivity contribution in [2.24, 2.45) is 0 Å². The first-order chi connectivity index (χ1) is 44.7. The minimum Gasteiger partial charge on any atom is -1.00 e. The van der Waals surface area contributed by atoms with E-state index < -0.39 is 69.7 Å². The molecular formula is C70H128B6F4N2O17. The molecule has 5 aliphatic heterocycles. The van der Waals surface area contributed by atoms with Crippen LogP contribution in [0.25, 0.3) is 0 Å². The maximum absolute atomic E-state index is 12.1. The molecule has 0 radical (unpaired) electrons. The van der Waals surface area contributed by atoms with Crippen molar-refractivity contribution < 1.29 is 102 Å². The number of methoxy groups -OCH3 is 1. The largest absolute Gasteiger partial charge is 1.00 e. The Labute approximate surface area is 596 Å². The molecule has 1 aromatic heterocycles. The van der Waals surface area contributed by atoms with Crippen LogP contribution < -0.4 is 14.0 Å². The molecular weight excluding hydrogens is 1280 g/mol. The standard InChI is InChI=1S/C17H25BO5.C15H25N2.C12H24B2O4.C12H25BO4.C10H21BO3.C4H8O.BF3.FH/c1-7-17(6,18-22-15(2,3)16(4,5)23-18)21-14(19)20-13-11-9-8-10-12-13;1-3-7-14(8-4-1)16-11-12-17(13-16)15-9-5-2-6-10-15;1-9(2)10(3,4)16-13(15-9)14-17-11(5,6)12(7,8)18-14;1-8-12(6,15-9-14-7)13-16-10(2,3)11(4,5)17-13;1-7-10(6,12)11-13-8(2,3)9(4,5)14-11;1-3-4(2)5;2-1(3)4;/h8-12H,7H2,1-6H3;11-15H,1-10H2;1-8H3;8-9H2,1-7H3;12H,7H2,1-6H3;3H2,1-2H3;;1H/q;+1;;;;;;/p-1. The predicted octanol–water partition coefficient (Wildman–Crippen LogP) is 13.1. The van der Waals surface area contributed by atoms with E-state index in [2.05, 4.69) is 34.8 Å². The minimum atomic E-state index is -3.67. The first kappa shape index (κ1) is 92.0. The average Bonchev–Trinajstić information content (AvgIpc) is 1.63. The van der Waals surface area contributed by atoms with Crippen LogP contribution >= 0.6 is 0 Å². The lowest BCUT2D eigenvalue weighted by molar-refractivity contribution is -0.725. The maximum atomic E-state index is 12.1. The lowest BCUT2D eigenvalue weighted by Gasteiger charge is -2.32. The van der Waals surface area contributed by atoms with Crippen molar-refractivity contribution >= 4 is 54.9 Å². The van der Waals surface area contributed by atoms with Gasteiger partial charge in [-0.05, 0) is 249 Å². The van der Waals surface area contributed by atoms with Crippen molar-refractivity contribution in [3.8, 4) is 5.75 Å². The number of carbonyl (C=O) groups is 2. The lowest BCUT2D eigenvalue weighted by atomic mass is 9.49. The molecule has 2 aliphatic carbocycles. The summed E-state index contributed by atoms with van der Waals surface area (Å²) in [6.45, 7) is 55.3. The van der Waals surface area contributed by atoms with Gasteiger partial charge < -0.3 is 80.1 Å². The number of ether oxygens (including phenoxy) is 4. The van der Waals surface area contributed by atoms with Gasteiger partial charge in [-0.1, -0.05) is 58.7 Å². The second-order valence-corrected chi connectivity index (χ2v) is 32.6. The van der Waals surface area contributed by atoms with E-state index in [9.17, 15) is 27.6 Å². The molecule has 2 aromatic rings. The molecule has 9 rings (SSSR count). The van der Waals surface area contributed by atoms with Crippen LogP contribution in [0.15, 0.2) is 49.1 Å². The zero-order valence-electron chi connectivity index (χ0n) is 66.2. The minimum absolute atomic E-state index is 0. The second-order valence-electron chi connectivity index (χ2n) is 32.6. The highest BCUT2D eigenvalue weighted by Gasteiger charge is 2.65. The van der Waals surface area contributed by atoms with Crippen molar-refractivity contribution in [3.05, 3.63) is 49.1 Å². The Morgan fingerprint density at radius 3 is 1.22 bits per heavy atom. The van der Waals surface area contributed by atoms with Crippen LogP contribution in [-0.4, -0.2) is 151 Å². The molecule has 3 unspecified atom stereocenters. The SMILES string of the molecule is CC1(C)OB(B2OC(C)(C)C(C)(C)O2)OC1(C)C.CCC(C)(O)B1OC(C)(C)C(C)(C)O1.CCC(C)(OC(=O)Oc1ccccc1)B1OC(C)(C)C(C)(C)O1.CCC(C)(OCOC)B1OC(C)(C)C(C)(C)O1.CCC(C)=O.FB(F)F.[F-].c1c[n+](C2CCCCC2)cn1C1CCCCC1. The first-order valence-electron chi connectivity index (χ1n) is 35.8. The van der Waals surface area contributed by atoms with E-state index in [0.717, 1.165) is 18.5 Å². The molecule has 0 bridgehead atoms. The predicted molar refractivity (Wildman–Crippen MR) is 384 cm³/mol. The number of nitrogens with zero attached hydrogens (tertiary/aromatic N) is 2. The van der Waals surface area contributed by atoms with Crippen LogP contribution in [0.2, 0.25) is 0 Å². The third kappa shape index (κ3) is 25.3. The molecule has 1 aromatic carbocycles. The molecule has 6 heterocycles. The zero-order valence-corrected chi connectivity index (χ0v) is 66.2. The van der Waals surface area contributed by atoms with Crippen LogP contribution in [0.5, 0.6) is 5.75 Å². The molecule has 0 amide bonds. The van der Waals surface area contributed by atoms with Gasteiger partial charge in [-0.15, -0.1) is 0 Å². The monoisotopic (exact) mass is 1410 g/mol. The molecule has 3 atom stereocenters. The topological polar surface area (TPSA) is 192 Å². The molecule has 566 valence electrons. The van der Waals surface area contributed by atoms with Crippen molar-refractivity contribution in [3.63, 3.8) is 0 Å². The summed E-state index contributed by atoms with van der Waals surface area (Å²) in [5, 5.41) is 10.0. The molecule has 2 saturated carbocycles. The Morgan fingerprint density at radius 2 is 0.889 bits per heavy atom. The number of hydrogen-bond acceptors (Lipinski definition) is 17. The summed E-state index contributed by atoms with van der Waals surface area (Å²) in [4.78, 5) is 21.9. The van der Waals surface area contributed by atoms with Crippen molar-refractivity contribution in [2.45, 2.75) is 368 Å². The van der Waals surface area contributed by atoms with E-state index in [0.29, 0.717) is 25.0 Å². The van der Waals surface area contributed by atoms with E-state index >= 15 is 0 Å². The molecule has 7 aliphatic rings. The fourth-order valence-corrected chi connectivity index (χ4v) is 10.6. The molecule has 7 fully saturated rings. The third-order valence-electron chi connectivity index (χ3n) is 22.1. The Kier molecular flexibility index (Phi) is 34.2. The van der Waals surface area contributed by atoms with Gasteiger partial charge in [0.15, 0.2) is 0 Å². The molecule has 5 saturated heterocycles. The number of benzene rings is 1. The number of halogens is 4. The van der Waals surface area contributed by atoms with E-state index in [1.807, 2.05) is 172 Å². The number of carbonyl (C=O) groups excluding carboxylic acids is 2. The Morgan fingerprint density at radius 1 is 0.556 bits per heavy atom. The lowest BCUT2D eigenvalue weighted by Crippen LogP contribution is -3.00. The highest BCUT2D eigenvalue weighted by Crippen LogP contribution is 2.46. The van der Waals surface area contributed by atoms with Gasteiger partial charge in [-0.2, -0.15) is 0 Å². The van der Waals surface area contributed by atoms with Gasteiger partial charge in [0.05, 0.1) is 61.5 Å². The van der Waals surface area contributed by atoms with Gasteiger partial charge in [-0.3, -0.25) is 12.9 Å². The summed E-state index contributed by atoms with van der Waals surface area (Å²) in [6.07, 6.45) is 23.0. The maximum Gasteiger partial charge on any atom is 0.762 e. The Hall–Kier alpha value is -3.04. The van der Waals surface area contributed by atoms with E-state index in [1.165, 1.54) is 64.2 Å². The molecule has 19 nitrogen and oxygen atoms in total. The summed E-state index contributed by atoms with van der Waals surface area (Å²) >= 11 is 0. The van der Waals surface area contributed by atoms with Crippen molar-refractivity contribution in [1.82, 2.24) is 4.57 Å². The quantitative estimate of drug-likeness (QED) is 0.0442. The Bertz CT molecular complexity index is 2590. The fraction of sp³-hybridized carbons (Fsp3) is 0.843. The Balaban J connectivity index is 0.000000409. The number of para-hydroxylation sites is 1. The van der Waals surface area contributed by atoms with Gasteiger partial charge in [0.1, 0.15) is 53.8 Å². The zero-order chi connectivity index (χ0) is 75.2. The summed E-state index contributed by atoms with van der Waals surface area (Å²) in [6, 6.07) is 10.4. The fourth-order valence-electron chi connectivity index (χ4n) is 10.6. The van der Waals surface area contributed by atoms with Crippen LogP contribution in [-0.2, 0) is 65.5 Å². The summed E-state index contributed by atoms with van der Waals surface area (Å²) in [5.74, 6) is 0.690. The van der Waals surface area contributed by atoms with Gasteiger partial charge in [-0.25, -0.2) is 13.9 Å². The van der Waals surface area contributed by atoms with Gasteiger partial charge in [0.25, 0.3) is 0 Å². The number of hydrogen-bond donors (Lipinski definition) is 1. The van der Waals surface area contributed by atoms with Crippen LogP contribution in [0.3, 0.4) is 0 Å². The number of imidazole rings is 1.